The van der Waals surface area contributed by atoms with Crippen LogP contribution in [-0.2, 0) is 6.42 Å². The second-order valence-electron chi connectivity index (χ2n) is 4.25. The van der Waals surface area contributed by atoms with E-state index in [1.165, 1.54) is 6.07 Å². The number of hydrogen-bond donors (Lipinski definition) is 1. The van der Waals surface area contributed by atoms with Crippen LogP contribution in [-0.4, -0.2) is 15.1 Å². The van der Waals surface area contributed by atoms with Crippen molar-refractivity contribution in [1.29, 1.82) is 0 Å². The van der Waals surface area contributed by atoms with Crippen molar-refractivity contribution < 1.29 is 8.91 Å². The van der Waals surface area contributed by atoms with Gasteiger partial charge in [-0.1, -0.05) is 23.4 Å². The summed E-state index contributed by atoms with van der Waals surface area (Å²) >= 11 is 0. The van der Waals surface area contributed by atoms with Crippen LogP contribution in [0.2, 0.25) is 0 Å². The van der Waals surface area contributed by atoms with Crippen molar-refractivity contribution in [1.82, 2.24) is 15.1 Å². The second kappa shape index (κ2) is 5.08. The molecule has 0 aliphatic heterocycles. The van der Waals surface area contributed by atoms with Gasteiger partial charge in [-0.2, -0.15) is 4.98 Å². The summed E-state index contributed by atoms with van der Waals surface area (Å²) in [5.41, 5.74) is 6.80. The van der Waals surface area contributed by atoms with Crippen molar-refractivity contribution in [3.05, 3.63) is 59.8 Å². The first-order chi connectivity index (χ1) is 9.72. The molecule has 0 aliphatic rings. The Balaban J connectivity index is 1.86. The molecule has 0 aliphatic carbocycles. The first-order valence-corrected chi connectivity index (χ1v) is 6.00. The molecule has 2 heterocycles. The molecule has 3 aromatic rings. The minimum Gasteiger partial charge on any atom is -0.384 e. The molecule has 0 fully saturated rings. The van der Waals surface area contributed by atoms with E-state index in [9.17, 15) is 4.39 Å². The third-order valence-electron chi connectivity index (χ3n) is 2.80. The zero-order chi connectivity index (χ0) is 13.9. The zero-order valence-corrected chi connectivity index (χ0v) is 10.5. The first kappa shape index (κ1) is 12.3. The number of halogens is 1. The topological polar surface area (TPSA) is 77.8 Å². The van der Waals surface area contributed by atoms with Gasteiger partial charge in [0.1, 0.15) is 11.6 Å². The Morgan fingerprint density at radius 3 is 2.85 bits per heavy atom. The van der Waals surface area contributed by atoms with E-state index in [0.717, 1.165) is 0 Å². The van der Waals surface area contributed by atoms with Crippen LogP contribution in [0.4, 0.5) is 10.2 Å². The van der Waals surface area contributed by atoms with Gasteiger partial charge in [0.05, 0.1) is 0 Å². The maximum atomic E-state index is 13.5. The largest absolute Gasteiger partial charge is 0.384 e. The Morgan fingerprint density at radius 1 is 1.20 bits per heavy atom. The zero-order valence-electron chi connectivity index (χ0n) is 10.5. The van der Waals surface area contributed by atoms with Gasteiger partial charge in [0.15, 0.2) is 5.82 Å². The normalized spacial score (nSPS) is 10.7. The van der Waals surface area contributed by atoms with Gasteiger partial charge < -0.3 is 10.3 Å². The third-order valence-corrected chi connectivity index (χ3v) is 2.80. The van der Waals surface area contributed by atoms with Crippen molar-refractivity contribution in [2.24, 2.45) is 0 Å². The number of pyridine rings is 1. The Labute approximate surface area is 114 Å². The van der Waals surface area contributed by atoms with Crippen LogP contribution < -0.4 is 5.73 Å². The number of aromatic nitrogens is 3. The van der Waals surface area contributed by atoms with E-state index in [1.54, 1.807) is 36.5 Å². The summed E-state index contributed by atoms with van der Waals surface area (Å²) in [6, 6.07) is 9.86. The molecule has 6 heteroatoms. The van der Waals surface area contributed by atoms with Gasteiger partial charge in [0.25, 0.3) is 5.89 Å². The fraction of sp³-hybridized carbons (Fsp3) is 0.0714. The maximum Gasteiger partial charge on any atom is 0.258 e. The number of benzene rings is 1. The number of hydrogen-bond acceptors (Lipinski definition) is 5. The van der Waals surface area contributed by atoms with Gasteiger partial charge in [-0.3, -0.25) is 0 Å². The van der Waals surface area contributed by atoms with Crippen LogP contribution in [0.3, 0.4) is 0 Å². The van der Waals surface area contributed by atoms with Crippen LogP contribution in [0.25, 0.3) is 11.5 Å². The summed E-state index contributed by atoms with van der Waals surface area (Å²) < 4.78 is 18.7. The van der Waals surface area contributed by atoms with Crippen LogP contribution in [0.1, 0.15) is 11.4 Å². The number of rotatable bonds is 3. The van der Waals surface area contributed by atoms with Crippen LogP contribution >= 0.6 is 0 Å². The van der Waals surface area contributed by atoms with Crippen molar-refractivity contribution >= 4 is 5.82 Å². The van der Waals surface area contributed by atoms with Gasteiger partial charge in [0.2, 0.25) is 0 Å². The summed E-state index contributed by atoms with van der Waals surface area (Å²) in [5.74, 6) is 0.842. The second-order valence-corrected chi connectivity index (χ2v) is 4.25. The Kier molecular flexibility index (Phi) is 3.12. The molecule has 0 spiro atoms. The number of anilines is 1. The number of nitrogen functional groups attached to an aromatic ring is 1. The van der Waals surface area contributed by atoms with Gasteiger partial charge in [-0.05, 0) is 23.8 Å². The summed E-state index contributed by atoms with van der Waals surface area (Å²) in [4.78, 5) is 8.12. The average molecular weight is 270 g/mol. The molecular formula is C14H11FN4O. The average Bonchev–Trinajstić information content (AvgIpc) is 2.90. The predicted octanol–water partition coefficient (Wildman–Crippen LogP) is 2.44. The van der Waals surface area contributed by atoms with Crippen LogP contribution in [0.5, 0.6) is 0 Å². The molecule has 0 amide bonds. The lowest BCUT2D eigenvalue weighted by atomic mass is 10.1. The number of nitrogens with zero attached hydrogens (tertiary/aromatic N) is 3. The van der Waals surface area contributed by atoms with Gasteiger partial charge in [0, 0.05) is 18.2 Å². The molecule has 0 unspecified atom stereocenters. The standard InChI is InChI=1S/C14H11FN4O/c15-11-4-2-1-3-9(11)8-13-18-14(20-19-13)10-5-6-17-12(16)7-10/h1-7H,8H2,(H2,16,17). The fourth-order valence-corrected chi connectivity index (χ4v) is 1.84. The van der Waals surface area contributed by atoms with Crippen molar-refractivity contribution in [2.45, 2.75) is 6.42 Å². The van der Waals surface area contributed by atoms with E-state index in [4.69, 9.17) is 10.3 Å². The monoisotopic (exact) mass is 270 g/mol. The van der Waals surface area contributed by atoms with Gasteiger partial charge >= 0.3 is 0 Å². The lowest BCUT2D eigenvalue weighted by molar-refractivity contribution is 0.423. The smallest absolute Gasteiger partial charge is 0.258 e. The van der Waals surface area contributed by atoms with Crippen molar-refractivity contribution in [2.75, 3.05) is 5.73 Å². The van der Waals surface area contributed by atoms with Crippen LogP contribution in [0.15, 0.2) is 47.1 Å². The Bertz CT molecular complexity index is 741. The molecule has 0 radical (unpaired) electrons. The molecule has 0 bridgehead atoms. The highest BCUT2D eigenvalue weighted by Crippen LogP contribution is 2.19. The van der Waals surface area contributed by atoms with E-state index in [-0.39, 0.29) is 12.2 Å². The molecule has 1 aromatic carbocycles. The quantitative estimate of drug-likeness (QED) is 0.790. The van der Waals surface area contributed by atoms with Gasteiger partial charge in [-0.15, -0.1) is 0 Å². The third kappa shape index (κ3) is 2.49. The summed E-state index contributed by atoms with van der Waals surface area (Å²) in [5, 5.41) is 3.84. The van der Waals surface area contributed by atoms with E-state index < -0.39 is 0 Å². The molecule has 0 atom stereocenters. The fourth-order valence-electron chi connectivity index (χ4n) is 1.84. The van der Waals surface area contributed by atoms with Crippen molar-refractivity contribution in [3.63, 3.8) is 0 Å². The Hall–Kier alpha value is -2.76. The molecule has 0 saturated carbocycles. The molecule has 100 valence electrons. The number of nitrogens with two attached hydrogens (primary N) is 1. The highest BCUT2D eigenvalue weighted by Gasteiger charge is 2.11. The molecule has 0 saturated heterocycles. The summed E-state index contributed by atoms with van der Waals surface area (Å²) in [6.45, 7) is 0. The SMILES string of the molecule is Nc1cc(-c2nc(Cc3ccccc3F)no2)ccn1. The lowest BCUT2D eigenvalue weighted by Crippen LogP contribution is -1.94. The van der Waals surface area contributed by atoms with Crippen LogP contribution in [0, 0.1) is 5.82 Å². The molecular weight excluding hydrogens is 259 g/mol. The van der Waals surface area contributed by atoms with E-state index >= 15 is 0 Å². The summed E-state index contributed by atoms with van der Waals surface area (Å²) in [6.07, 6.45) is 1.84. The maximum absolute atomic E-state index is 13.5. The molecule has 5 nitrogen and oxygen atoms in total. The molecule has 3 rings (SSSR count). The molecule has 20 heavy (non-hydrogen) atoms. The first-order valence-electron chi connectivity index (χ1n) is 6.00. The molecule has 2 aromatic heterocycles. The highest BCUT2D eigenvalue weighted by atomic mass is 19.1. The predicted molar refractivity (Wildman–Crippen MR) is 71.1 cm³/mol. The Morgan fingerprint density at radius 2 is 2.05 bits per heavy atom. The van der Waals surface area contributed by atoms with E-state index in [2.05, 4.69) is 15.1 Å². The minimum absolute atomic E-state index is 0.275. The van der Waals surface area contributed by atoms with E-state index in [1.807, 2.05) is 0 Å². The van der Waals surface area contributed by atoms with E-state index in [0.29, 0.717) is 28.7 Å². The highest BCUT2D eigenvalue weighted by molar-refractivity contribution is 5.56. The minimum atomic E-state index is -0.285. The summed E-state index contributed by atoms with van der Waals surface area (Å²) in [7, 11) is 0. The van der Waals surface area contributed by atoms with Gasteiger partial charge in [-0.25, -0.2) is 9.37 Å². The molecule has 2 N–H and O–H groups in total. The lowest BCUT2D eigenvalue weighted by Gasteiger charge is -1.97. The van der Waals surface area contributed by atoms with Crippen molar-refractivity contribution in [3.8, 4) is 11.5 Å².